The van der Waals surface area contributed by atoms with Crippen LogP contribution in [0.15, 0.2) is 29.2 Å². The number of rotatable bonds is 4. The molecule has 0 bridgehead atoms. The van der Waals surface area contributed by atoms with Crippen LogP contribution in [0.4, 0.5) is 5.69 Å². The molecule has 0 amide bonds. The maximum absolute atomic E-state index is 3.74. The Hall–Kier alpha value is -0.630. The van der Waals surface area contributed by atoms with Crippen LogP contribution < -0.4 is 5.32 Å². The summed E-state index contributed by atoms with van der Waals surface area (Å²) in [7, 11) is 0. The van der Waals surface area contributed by atoms with Gasteiger partial charge in [-0.3, -0.25) is 0 Å². The maximum atomic E-state index is 3.74. The first-order chi connectivity index (χ1) is 8.33. The van der Waals surface area contributed by atoms with Gasteiger partial charge in [-0.05, 0) is 37.1 Å². The van der Waals surface area contributed by atoms with Gasteiger partial charge in [0.1, 0.15) is 0 Å². The predicted octanol–water partition coefficient (Wildman–Crippen LogP) is 4.79. The van der Waals surface area contributed by atoms with E-state index in [1.165, 1.54) is 42.7 Å². The Bertz CT molecular complexity index is 351. The Morgan fingerprint density at radius 1 is 1.29 bits per heavy atom. The molecular formula is C15H23NS. The predicted molar refractivity (Wildman–Crippen MR) is 77.9 cm³/mol. The average molecular weight is 249 g/mol. The minimum absolute atomic E-state index is 0.682. The van der Waals surface area contributed by atoms with Crippen molar-refractivity contribution in [2.75, 3.05) is 11.6 Å². The zero-order valence-corrected chi connectivity index (χ0v) is 11.7. The summed E-state index contributed by atoms with van der Waals surface area (Å²) >= 11 is 1.83. The summed E-state index contributed by atoms with van der Waals surface area (Å²) in [6.07, 6.45) is 8.98. The third-order valence-corrected chi connectivity index (χ3v) is 4.62. The van der Waals surface area contributed by atoms with Crippen molar-refractivity contribution in [3.05, 3.63) is 24.3 Å². The fourth-order valence-corrected chi connectivity index (χ4v) is 3.34. The lowest BCUT2D eigenvalue weighted by Gasteiger charge is -2.30. The quantitative estimate of drug-likeness (QED) is 0.770. The van der Waals surface area contributed by atoms with Crippen LogP contribution in [0.3, 0.4) is 0 Å². The molecule has 1 N–H and O–H groups in total. The summed E-state index contributed by atoms with van der Waals surface area (Å²) in [4.78, 5) is 1.37. The van der Waals surface area contributed by atoms with Crippen molar-refractivity contribution in [3.8, 4) is 0 Å². The normalized spacial score (nSPS) is 24.6. The van der Waals surface area contributed by atoms with E-state index < -0.39 is 0 Å². The number of anilines is 1. The van der Waals surface area contributed by atoms with Crippen LogP contribution in [-0.2, 0) is 0 Å². The molecule has 0 saturated heterocycles. The topological polar surface area (TPSA) is 12.0 Å². The molecule has 0 aliphatic heterocycles. The van der Waals surface area contributed by atoms with Gasteiger partial charge in [-0.2, -0.15) is 0 Å². The van der Waals surface area contributed by atoms with Gasteiger partial charge in [0.2, 0.25) is 0 Å². The molecule has 17 heavy (non-hydrogen) atoms. The van der Waals surface area contributed by atoms with Crippen molar-refractivity contribution in [1.29, 1.82) is 0 Å². The van der Waals surface area contributed by atoms with Gasteiger partial charge in [0.05, 0.1) is 0 Å². The van der Waals surface area contributed by atoms with E-state index in [-0.39, 0.29) is 0 Å². The number of hydrogen-bond donors (Lipinski definition) is 1. The van der Waals surface area contributed by atoms with E-state index in [4.69, 9.17) is 0 Å². The van der Waals surface area contributed by atoms with E-state index in [0.717, 1.165) is 5.92 Å². The summed E-state index contributed by atoms with van der Waals surface area (Å²) in [5.41, 5.74) is 1.32. The number of hydrogen-bond acceptors (Lipinski definition) is 2. The fourth-order valence-electron chi connectivity index (χ4n) is 2.78. The van der Waals surface area contributed by atoms with E-state index >= 15 is 0 Å². The highest BCUT2D eigenvalue weighted by molar-refractivity contribution is 7.98. The van der Waals surface area contributed by atoms with Crippen molar-refractivity contribution in [1.82, 2.24) is 0 Å². The molecule has 2 heteroatoms. The zero-order chi connectivity index (χ0) is 12.1. The van der Waals surface area contributed by atoms with Crippen molar-refractivity contribution >= 4 is 17.4 Å². The first kappa shape index (κ1) is 12.8. The molecule has 1 aromatic rings. The van der Waals surface area contributed by atoms with E-state index in [1.807, 2.05) is 11.8 Å². The van der Waals surface area contributed by atoms with Crippen LogP contribution in [0.5, 0.6) is 0 Å². The molecule has 2 unspecified atom stereocenters. The maximum Gasteiger partial charge on any atom is 0.0480 e. The molecule has 1 saturated carbocycles. The SMILES string of the molecule is CCC1CCCC(Nc2ccccc2SC)C1. The monoisotopic (exact) mass is 249 g/mol. The molecule has 1 aromatic carbocycles. The number of thioether (sulfide) groups is 1. The number of benzene rings is 1. The van der Waals surface area contributed by atoms with Crippen molar-refractivity contribution < 1.29 is 0 Å². The minimum atomic E-state index is 0.682. The number of para-hydroxylation sites is 1. The fraction of sp³-hybridized carbons (Fsp3) is 0.600. The van der Waals surface area contributed by atoms with Crippen LogP contribution >= 0.6 is 11.8 Å². The molecule has 2 atom stereocenters. The summed E-state index contributed by atoms with van der Waals surface area (Å²) in [5, 5.41) is 3.74. The Labute approximate surface area is 109 Å². The largest absolute Gasteiger partial charge is 0.381 e. The zero-order valence-electron chi connectivity index (χ0n) is 10.9. The highest BCUT2D eigenvalue weighted by atomic mass is 32.2. The lowest BCUT2D eigenvalue weighted by Crippen LogP contribution is -2.27. The van der Waals surface area contributed by atoms with Gasteiger partial charge in [-0.15, -0.1) is 11.8 Å². The minimum Gasteiger partial charge on any atom is -0.381 e. The summed E-state index contributed by atoms with van der Waals surface area (Å²) in [5.74, 6) is 0.933. The van der Waals surface area contributed by atoms with Crippen LogP contribution in [0, 0.1) is 5.92 Å². The third-order valence-electron chi connectivity index (χ3n) is 3.83. The molecule has 1 aliphatic rings. The van der Waals surface area contributed by atoms with E-state index in [9.17, 15) is 0 Å². The lowest BCUT2D eigenvalue weighted by molar-refractivity contribution is 0.327. The highest BCUT2D eigenvalue weighted by Gasteiger charge is 2.20. The van der Waals surface area contributed by atoms with Gasteiger partial charge in [-0.25, -0.2) is 0 Å². The average Bonchev–Trinajstić information content (AvgIpc) is 2.39. The number of nitrogens with one attached hydrogen (secondary N) is 1. The second-order valence-corrected chi connectivity index (χ2v) is 5.83. The molecule has 2 rings (SSSR count). The molecule has 1 aliphatic carbocycles. The first-order valence-electron chi connectivity index (χ1n) is 6.73. The van der Waals surface area contributed by atoms with E-state index in [1.54, 1.807) is 0 Å². The summed E-state index contributed by atoms with van der Waals surface area (Å²) in [6.45, 7) is 2.32. The smallest absolute Gasteiger partial charge is 0.0480 e. The Balaban J connectivity index is 2.00. The van der Waals surface area contributed by atoms with Crippen LogP contribution in [-0.4, -0.2) is 12.3 Å². The van der Waals surface area contributed by atoms with Gasteiger partial charge in [0.25, 0.3) is 0 Å². The van der Waals surface area contributed by atoms with E-state index in [2.05, 4.69) is 42.8 Å². The van der Waals surface area contributed by atoms with Gasteiger partial charge >= 0.3 is 0 Å². The summed E-state index contributed by atoms with van der Waals surface area (Å²) in [6, 6.07) is 9.34. The van der Waals surface area contributed by atoms with Crippen LogP contribution in [0.2, 0.25) is 0 Å². The van der Waals surface area contributed by atoms with Crippen molar-refractivity contribution in [2.45, 2.75) is 50.0 Å². The molecule has 1 fully saturated rings. The standard InChI is InChI=1S/C15H23NS/c1-3-12-7-6-8-13(11-12)16-14-9-4-5-10-15(14)17-2/h4-5,9-10,12-13,16H,3,6-8,11H2,1-2H3. The second-order valence-electron chi connectivity index (χ2n) is 4.98. The van der Waals surface area contributed by atoms with Crippen LogP contribution in [0.25, 0.3) is 0 Å². The molecule has 1 nitrogen and oxygen atoms in total. The van der Waals surface area contributed by atoms with Crippen molar-refractivity contribution in [2.24, 2.45) is 5.92 Å². The Kier molecular flexibility index (Phi) is 4.78. The van der Waals surface area contributed by atoms with E-state index in [0.29, 0.717) is 6.04 Å². The lowest BCUT2D eigenvalue weighted by atomic mass is 9.84. The van der Waals surface area contributed by atoms with Crippen molar-refractivity contribution in [3.63, 3.8) is 0 Å². The molecule has 94 valence electrons. The Morgan fingerprint density at radius 2 is 2.12 bits per heavy atom. The Morgan fingerprint density at radius 3 is 2.88 bits per heavy atom. The molecule has 0 radical (unpaired) electrons. The van der Waals surface area contributed by atoms with Crippen LogP contribution in [0.1, 0.15) is 39.0 Å². The molecule has 0 spiro atoms. The third kappa shape index (κ3) is 3.41. The van der Waals surface area contributed by atoms with Gasteiger partial charge < -0.3 is 5.32 Å². The van der Waals surface area contributed by atoms with Gasteiger partial charge in [0, 0.05) is 16.6 Å². The first-order valence-corrected chi connectivity index (χ1v) is 7.95. The summed E-state index contributed by atoms with van der Waals surface area (Å²) < 4.78 is 0. The van der Waals surface area contributed by atoms with Gasteiger partial charge in [-0.1, -0.05) is 38.3 Å². The molecule has 0 heterocycles. The second kappa shape index (κ2) is 6.34. The highest BCUT2D eigenvalue weighted by Crippen LogP contribution is 2.31. The molecule has 0 aromatic heterocycles. The molecular weight excluding hydrogens is 226 g/mol. The van der Waals surface area contributed by atoms with Gasteiger partial charge in [0.15, 0.2) is 0 Å².